The summed E-state index contributed by atoms with van der Waals surface area (Å²) in [7, 11) is 0. The van der Waals surface area contributed by atoms with Crippen molar-refractivity contribution < 1.29 is 19.4 Å². The summed E-state index contributed by atoms with van der Waals surface area (Å²) < 4.78 is 5.38. The standard InChI is InChI=1S/C15H14N2O4/c1-2-21-12-8-4-3-6-10(12)14(18)17-13-11(15(19)20)7-5-9-16-13/h3-9H,2H2,1H3,(H,19,20)(H,16,17,18). The number of hydrogen-bond acceptors (Lipinski definition) is 4. The molecule has 0 saturated heterocycles. The Morgan fingerprint density at radius 3 is 2.62 bits per heavy atom. The summed E-state index contributed by atoms with van der Waals surface area (Å²) in [5.74, 6) is -1.19. The van der Waals surface area contributed by atoms with E-state index in [2.05, 4.69) is 10.3 Å². The molecule has 0 unspecified atom stereocenters. The lowest BCUT2D eigenvalue weighted by Gasteiger charge is -2.11. The first-order chi connectivity index (χ1) is 10.1. The lowest BCUT2D eigenvalue weighted by Crippen LogP contribution is -2.17. The Bertz CT molecular complexity index is 670. The molecule has 0 aliphatic rings. The quantitative estimate of drug-likeness (QED) is 0.881. The zero-order chi connectivity index (χ0) is 15.2. The highest BCUT2D eigenvalue weighted by molar-refractivity contribution is 6.08. The summed E-state index contributed by atoms with van der Waals surface area (Å²) in [5.41, 5.74) is 0.251. The highest BCUT2D eigenvalue weighted by Gasteiger charge is 2.16. The third kappa shape index (κ3) is 3.36. The molecule has 0 saturated carbocycles. The first-order valence-electron chi connectivity index (χ1n) is 6.35. The Balaban J connectivity index is 2.29. The number of para-hydroxylation sites is 1. The SMILES string of the molecule is CCOc1ccccc1C(=O)Nc1ncccc1C(=O)O. The molecule has 2 rings (SSSR count). The number of pyridine rings is 1. The zero-order valence-corrected chi connectivity index (χ0v) is 11.4. The van der Waals surface area contributed by atoms with Crippen molar-refractivity contribution in [2.24, 2.45) is 0 Å². The van der Waals surface area contributed by atoms with Crippen LogP contribution in [-0.4, -0.2) is 28.6 Å². The number of carboxylic acid groups (broad SMARTS) is 1. The first kappa shape index (κ1) is 14.5. The minimum Gasteiger partial charge on any atom is -0.493 e. The second kappa shape index (κ2) is 6.51. The fraction of sp³-hybridized carbons (Fsp3) is 0.133. The van der Waals surface area contributed by atoms with Crippen LogP contribution < -0.4 is 10.1 Å². The van der Waals surface area contributed by atoms with Crippen molar-refractivity contribution in [3.63, 3.8) is 0 Å². The van der Waals surface area contributed by atoms with Gasteiger partial charge in [-0.1, -0.05) is 12.1 Å². The zero-order valence-electron chi connectivity index (χ0n) is 11.4. The number of aromatic carboxylic acids is 1. The molecule has 1 heterocycles. The minimum absolute atomic E-state index is 0.00121. The summed E-state index contributed by atoms with van der Waals surface area (Å²) in [6, 6.07) is 9.60. The average molecular weight is 286 g/mol. The Kier molecular flexibility index (Phi) is 4.50. The molecule has 1 amide bonds. The van der Waals surface area contributed by atoms with Crippen molar-refractivity contribution in [1.29, 1.82) is 0 Å². The average Bonchev–Trinajstić information content (AvgIpc) is 2.48. The van der Waals surface area contributed by atoms with Gasteiger partial charge in [-0.25, -0.2) is 9.78 Å². The Labute approximate surface area is 121 Å². The van der Waals surface area contributed by atoms with Gasteiger partial charge in [0, 0.05) is 6.20 Å². The van der Waals surface area contributed by atoms with Crippen LogP contribution in [-0.2, 0) is 0 Å². The number of rotatable bonds is 5. The monoisotopic (exact) mass is 286 g/mol. The van der Waals surface area contributed by atoms with E-state index in [0.717, 1.165) is 0 Å². The molecule has 1 aromatic heterocycles. The number of anilines is 1. The number of carbonyl (C=O) groups excluding carboxylic acids is 1. The lowest BCUT2D eigenvalue weighted by atomic mass is 10.2. The molecule has 0 bridgehead atoms. The van der Waals surface area contributed by atoms with Gasteiger partial charge in [0.2, 0.25) is 0 Å². The van der Waals surface area contributed by atoms with Crippen LogP contribution in [0.2, 0.25) is 0 Å². The van der Waals surface area contributed by atoms with E-state index < -0.39 is 11.9 Å². The lowest BCUT2D eigenvalue weighted by molar-refractivity contribution is 0.0697. The van der Waals surface area contributed by atoms with Crippen molar-refractivity contribution in [2.45, 2.75) is 6.92 Å². The van der Waals surface area contributed by atoms with Gasteiger partial charge in [0.25, 0.3) is 5.91 Å². The van der Waals surface area contributed by atoms with E-state index >= 15 is 0 Å². The molecule has 0 atom stereocenters. The van der Waals surface area contributed by atoms with Gasteiger partial charge < -0.3 is 15.2 Å². The highest BCUT2D eigenvalue weighted by Crippen LogP contribution is 2.20. The Morgan fingerprint density at radius 1 is 1.19 bits per heavy atom. The maximum absolute atomic E-state index is 12.3. The van der Waals surface area contributed by atoms with E-state index in [-0.39, 0.29) is 11.4 Å². The number of carbonyl (C=O) groups is 2. The summed E-state index contributed by atoms with van der Waals surface area (Å²) in [5, 5.41) is 11.6. The summed E-state index contributed by atoms with van der Waals surface area (Å²) >= 11 is 0. The number of nitrogens with zero attached hydrogens (tertiary/aromatic N) is 1. The van der Waals surface area contributed by atoms with E-state index in [1.54, 1.807) is 24.3 Å². The van der Waals surface area contributed by atoms with E-state index in [1.165, 1.54) is 18.3 Å². The number of ether oxygens (including phenoxy) is 1. The maximum atomic E-state index is 12.3. The predicted molar refractivity (Wildman–Crippen MR) is 76.8 cm³/mol. The van der Waals surface area contributed by atoms with Gasteiger partial charge in [-0.2, -0.15) is 0 Å². The third-order valence-corrected chi connectivity index (χ3v) is 2.70. The number of benzene rings is 1. The van der Waals surface area contributed by atoms with E-state index in [0.29, 0.717) is 17.9 Å². The van der Waals surface area contributed by atoms with Crippen LogP contribution >= 0.6 is 0 Å². The van der Waals surface area contributed by atoms with E-state index in [4.69, 9.17) is 9.84 Å². The molecular weight excluding hydrogens is 272 g/mol. The Morgan fingerprint density at radius 2 is 1.90 bits per heavy atom. The summed E-state index contributed by atoms with van der Waals surface area (Å²) in [6.07, 6.45) is 1.41. The first-order valence-corrected chi connectivity index (χ1v) is 6.35. The molecule has 21 heavy (non-hydrogen) atoms. The molecule has 2 N–H and O–H groups in total. The van der Waals surface area contributed by atoms with Gasteiger partial charge >= 0.3 is 5.97 Å². The van der Waals surface area contributed by atoms with Crippen molar-refractivity contribution in [1.82, 2.24) is 4.98 Å². The third-order valence-electron chi connectivity index (χ3n) is 2.70. The minimum atomic E-state index is -1.16. The highest BCUT2D eigenvalue weighted by atomic mass is 16.5. The molecule has 1 aromatic carbocycles. The fourth-order valence-electron chi connectivity index (χ4n) is 1.79. The number of hydrogen-bond donors (Lipinski definition) is 2. The summed E-state index contributed by atoms with van der Waals surface area (Å²) in [6.45, 7) is 2.24. The normalized spacial score (nSPS) is 9.95. The van der Waals surface area contributed by atoms with Gasteiger partial charge in [-0.05, 0) is 31.2 Å². The van der Waals surface area contributed by atoms with Crippen molar-refractivity contribution in [3.05, 3.63) is 53.7 Å². The van der Waals surface area contributed by atoms with Gasteiger partial charge in [0.05, 0.1) is 12.2 Å². The van der Waals surface area contributed by atoms with E-state index in [1.807, 2.05) is 6.92 Å². The van der Waals surface area contributed by atoms with E-state index in [9.17, 15) is 9.59 Å². The molecule has 6 heteroatoms. The Hall–Kier alpha value is -2.89. The predicted octanol–water partition coefficient (Wildman–Crippen LogP) is 2.43. The fourth-order valence-corrected chi connectivity index (χ4v) is 1.79. The number of carboxylic acids is 1. The maximum Gasteiger partial charge on any atom is 0.339 e. The largest absolute Gasteiger partial charge is 0.493 e. The van der Waals surface area contributed by atoms with Gasteiger partial charge in [-0.3, -0.25) is 4.79 Å². The molecule has 0 aliphatic heterocycles. The molecular formula is C15H14N2O4. The summed E-state index contributed by atoms with van der Waals surface area (Å²) in [4.78, 5) is 27.2. The molecule has 6 nitrogen and oxygen atoms in total. The van der Waals surface area contributed by atoms with Crippen LogP contribution in [0.25, 0.3) is 0 Å². The van der Waals surface area contributed by atoms with Crippen molar-refractivity contribution >= 4 is 17.7 Å². The van der Waals surface area contributed by atoms with Crippen molar-refractivity contribution in [2.75, 3.05) is 11.9 Å². The van der Waals surface area contributed by atoms with Crippen LogP contribution in [0.3, 0.4) is 0 Å². The molecule has 0 aliphatic carbocycles. The van der Waals surface area contributed by atoms with Crippen LogP contribution in [0.15, 0.2) is 42.6 Å². The molecule has 0 spiro atoms. The number of nitrogens with one attached hydrogen (secondary N) is 1. The van der Waals surface area contributed by atoms with Crippen molar-refractivity contribution in [3.8, 4) is 5.75 Å². The van der Waals surface area contributed by atoms with Crippen LogP contribution in [0.4, 0.5) is 5.82 Å². The number of aromatic nitrogens is 1. The van der Waals surface area contributed by atoms with Crippen LogP contribution in [0, 0.1) is 0 Å². The second-order valence-electron chi connectivity index (χ2n) is 4.09. The van der Waals surface area contributed by atoms with Gasteiger partial charge in [0.15, 0.2) is 0 Å². The van der Waals surface area contributed by atoms with Gasteiger partial charge in [-0.15, -0.1) is 0 Å². The molecule has 0 fully saturated rings. The second-order valence-corrected chi connectivity index (χ2v) is 4.09. The molecule has 108 valence electrons. The molecule has 0 radical (unpaired) electrons. The smallest absolute Gasteiger partial charge is 0.339 e. The molecule has 2 aromatic rings. The van der Waals surface area contributed by atoms with Crippen LogP contribution in [0.5, 0.6) is 5.75 Å². The number of amides is 1. The van der Waals surface area contributed by atoms with Crippen LogP contribution in [0.1, 0.15) is 27.6 Å². The topological polar surface area (TPSA) is 88.5 Å². The van der Waals surface area contributed by atoms with Gasteiger partial charge in [0.1, 0.15) is 17.1 Å².